The topological polar surface area (TPSA) is 41.6 Å². The van der Waals surface area contributed by atoms with E-state index in [4.69, 9.17) is 11.6 Å². The van der Waals surface area contributed by atoms with E-state index in [-0.39, 0.29) is 0 Å². The van der Waals surface area contributed by atoms with E-state index in [2.05, 4.69) is 43.0 Å². The van der Waals surface area contributed by atoms with Gasteiger partial charge in [0, 0.05) is 26.2 Å². The fourth-order valence-corrected chi connectivity index (χ4v) is 4.00. The quantitative estimate of drug-likeness (QED) is 0.345. The van der Waals surface area contributed by atoms with Crippen LogP contribution in [0.4, 0.5) is 0 Å². The van der Waals surface area contributed by atoms with Crippen molar-refractivity contribution in [3.63, 3.8) is 0 Å². The Labute approximate surface area is 150 Å². The summed E-state index contributed by atoms with van der Waals surface area (Å²) in [6.07, 6.45) is 1.62. The predicted octanol–water partition coefficient (Wildman–Crippen LogP) is 5.82. The Bertz CT molecular complexity index is 1020. The summed E-state index contributed by atoms with van der Waals surface area (Å²) >= 11 is 11.2. The number of nitrogens with one attached hydrogen (secondary N) is 1. The lowest BCUT2D eigenvalue weighted by molar-refractivity contribution is 1.09. The second-order valence-corrected chi connectivity index (χ2v) is 7.45. The van der Waals surface area contributed by atoms with Gasteiger partial charge in [-0.2, -0.15) is 0 Å². The maximum atomic E-state index is 6.04. The molecule has 0 fully saturated rings. The average molecular weight is 405 g/mol. The van der Waals surface area contributed by atoms with E-state index in [9.17, 15) is 0 Å². The van der Waals surface area contributed by atoms with Crippen molar-refractivity contribution in [3.8, 4) is 0 Å². The van der Waals surface area contributed by atoms with E-state index in [1.807, 2.05) is 30.3 Å². The Kier molecular flexibility index (Phi) is 4.01. The molecule has 0 aliphatic heterocycles. The first-order valence-electron chi connectivity index (χ1n) is 7.00. The third-order valence-corrected chi connectivity index (χ3v) is 5.36. The summed E-state index contributed by atoms with van der Waals surface area (Å²) in [4.78, 5) is 12.3. The van der Waals surface area contributed by atoms with E-state index in [0.717, 1.165) is 42.2 Å². The standard InChI is InChI=1S/C17H11BrClN3S/c18-11-4-5-14-13(7-11)15-16(22-14)17(21-9-20-15)23-8-10-2-1-3-12(19)6-10/h1-7,9,22H,8H2. The van der Waals surface area contributed by atoms with Crippen molar-refractivity contribution in [1.29, 1.82) is 0 Å². The largest absolute Gasteiger partial charge is 0.351 e. The Morgan fingerprint density at radius 2 is 2.04 bits per heavy atom. The van der Waals surface area contributed by atoms with Crippen molar-refractivity contribution in [3.05, 3.63) is 63.9 Å². The van der Waals surface area contributed by atoms with E-state index < -0.39 is 0 Å². The Hall–Kier alpha value is -1.56. The normalized spacial score (nSPS) is 11.4. The van der Waals surface area contributed by atoms with Gasteiger partial charge in [-0.15, -0.1) is 0 Å². The van der Waals surface area contributed by atoms with Crippen molar-refractivity contribution in [1.82, 2.24) is 15.0 Å². The van der Waals surface area contributed by atoms with Gasteiger partial charge in [0.25, 0.3) is 0 Å². The first-order chi connectivity index (χ1) is 11.2. The zero-order valence-electron chi connectivity index (χ0n) is 11.9. The Morgan fingerprint density at radius 3 is 2.91 bits per heavy atom. The second-order valence-electron chi connectivity index (χ2n) is 5.14. The minimum atomic E-state index is 0.756. The van der Waals surface area contributed by atoms with Gasteiger partial charge < -0.3 is 4.98 Å². The number of H-pyrrole nitrogens is 1. The maximum absolute atomic E-state index is 6.04. The Morgan fingerprint density at radius 1 is 1.13 bits per heavy atom. The zero-order chi connectivity index (χ0) is 15.8. The number of rotatable bonds is 3. The lowest BCUT2D eigenvalue weighted by atomic mass is 10.2. The lowest BCUT2D eigenvalue weighted by Gasteiger charge is -2.03. The fourth-order valence-electron chi connectivity index (χ4n) is 2.53. The van der Waals surface area contributed by atoms with Crippen LogP contribution in [0.3, 0.4) is 0 Å². The molecule has 0 aliphatic rings. The highest BCUT2D eigenvalue weighted by Crippen LogP contribution is 2.32. The number of nitrogens with zero attached hydrogens (tertiary/aromatic N) is 2. The van der Waals surface area contributed by atoms with Crippen LogP contribution in [0.25, 0.3) is 21.9 Å². The number of thioether (sulfide) groups is 1. The van der Waals surface area contributed by atoms with E-state index in [1.54, 1.807) is 18.1 Å². The van der Waals surface area contributed by atoms with E-state index >= 15 is 0 Å². The lowest BCUT2D eigenvalue weighted by Crippen LogP contribution is -1.87. The molecule has 4 rings (SSSR count). The number of halogens is 2. The van der Waals surface area contributed by atoms with Gasteiger partial charge in [0.05, 0.1) is 5.52 Å². The molecule has 23 heavy (non-hydrogen) atoms. The number of hydrogen-bond acceptors (Lipinski definition) is 3. The van der Waals surface area contributed by atoms with Crippen LogP contribution in [0.2, 0.25) is 5.02 Å². The highest BCUT2D eigenvalue weighted by Gasteiger charge is 2.11. The number of fused-ring (bicyclic) bond motifs is 3. The summed E-state index contributed by atoms with van der Waals surface area (Å²) in [7, 11) is 0. The molecule has 2 aromatic carbocycles. The molecule has 0 spiro atoms. The fraction of sp³-hybridized carbons (Fsp3) is 0.0588. The molecular formula is C17H11BrClN3S. The third-order valence-electron chi connectivity index (χ3n) is 3.57. The first-order valence-corrected chi connectivity index (χ1v) is 9.15. The molecule has 0 aliphatic carbocycles. The molecule has 0 unspecified atom stereocenters. The monoisotopic (exact) mass is 403 g/mol. The van der Waals surface area contributed by atoms with Gasteiger partial charge in [-0.1, -0.05) is 51.4 Å². The van der Waals surface area contributed by atoms with Gasteiger partial charge in [-0.3, -0.25) is 0 Å². The second kappa shape index (κ2) is 6.15. The number of aromatic amines is 1. The van der Waals surface area contributed by atoms with Gasteiger partial charge in [-0.05, 0) is 35.9 Å². The summed E-state index contributed by atoms with van der Waals surface area (Å²) in [6.45, 7) is 0. The van der Waals surface area contributed by atoms with E-state index in [1.165, 1.54) is 5.56 Å². The number of hydrogen-bond donors (Lipinski definition) is 1. The third kappa shape index (κ3) is 2.96. The van der Waals surface area contributed by atoms with Crippen molar-refractivity contribution in [2.75, 3.05) is 0 Å². The van der Waals surface area contributed by atoms with Crippen molar-refractivity contribution in [2.24, 2.45) is 0 Å². The van der Waals surface area contributed by atoms with Crippen LogP contribution in [-0.4, -0.2) is 15.0 Å². The molecule has 0 atom stereocenters. The molecule has 0 bridgehead atoms. The molecule has 2 heterocycles. The van der Waals surface area contributed by atoms with Crippen LogP contribution < -0.4 is 0 Å². The highest BCUT2D eigenvalue weighted by atomic mass is 79.9. The summed E-state index contributed by atoms with van der Waals surface area (Å²) in [6, 6.07) is 14.0. The molecule has 2 aromatic heterocycles. The van der Waals surface area contributed by atoms with Crippen LogP contribution in [-0.2, 0) is 5.75 Å². The average Bonchev–Trinajstić information content (AvgIpc) is 2.91. The summed E-state index contributed by atoms with van der Waals surface area (Å²) in [5, 5.41) is 2.80. The minimum absolute atomic E-state index is 0.756. The molecule has 1 N–H and O–H groups in total. The van der Waals surface area contributed by atoms with Crippen LogP contribution in [0, 0.1) is 0 Å². The van der Waals surface area contributed by atoms with Crippen molar-refractivity contribution >= 4 is 61.2 Å². The molecule has 4 aromatic rings. The molecule has 6 heteroatoms. The van der Waals surface area contributed by atoms with Gasteiger partial charge in [0.15, 0.2) is 0 Å². The van der Waals surface area contributed by atoms with Gasteiger partial charge >= 0.3 is 0 Å². The van der Waals surface area contributed by atoms with Crippen LogP contribution >= 0.6 is 39.3 Å². The molecule has 0 saturated carbocycles. The van der Waals surface area contributed by atoms with Gasteiger partial charge in [0.1, 0.15) is 16.9 Å². The Balaban J connectivity index is 1.74. The van der Waals surface area contributed by atoms with Crippen LogP contribution in [0.15, 0.2) is 58.3 Å². The number of aromatic nitrogens is 3. The molecule has 114 valence electrons. The highest BCUT2D eigenvalue weighted by molar-refractivity contribution is 9.10. The van der Waals surface area contributed by atoms with Crippen LogP contribution in [0.5, 0.6) is 0 Å². The first kappa shape index (κ1) is 15.0. The predicted molar refractivity (Wildman–Crippen MR) is 100 cm³/mol. The van der Waals surface area contributed by atoms with Crippen molar-refractivity contribution < 1.29 is 0 Å². The molecule has 3 nitrogen and oxygen atoms in total. The summed E-state index contributed by atoms with van der Waals surface area (Å²) in [5.74, 6) is 0.811. The van der Waals surface area contributed by atoms with E-state index in [0.29, 0.717) is 0 Å². The molecular weight excluding hydrogens is 394 g/mol. The van der Waals surface area contributed by atoms with Gasteiger partial charge in [-0.25, -0.2) is 9.97 Å². The molecule has 0 radical (unpaired) electrons. The van der Waals surface area contributed by atoms with Gasteiger partial charge in [0.2, 0.25) is 0 Å². The zero-order valence-corrected chi connectivity index (χ0v) is 15.0. The number of benzene rings is 2. The molecule has 0 saturated heterocycles. The smallest absolute Gasteiger partial charge is 0.124 e. The molecule has 0 amide bonds. The summed E-state index contributed by atoms with van der Waals surface area (Å²) < 4.78 is 1.04. The maximum Gasteiger partial charge on any atom is 0.124 e. The SMILES string of the molecule is Clc1cccc(CSc2ncnc3c2[nH]c2ccc(Br)cc23)c1. The minimum Gasteiger partial charge on any atom is -0.351 e. The summed E-state index contributed by atoms with van der Waals surface area (Å²) in [5.41, 5.74) is 4.17. The van der Waals surface area contributed by atoms with Crippen molar-refractivity contribution in [2.45, 2.75) is 10.8 Å². The van der Waals surface area contributed by atoms with Crippen LogP contribution in [0.1, 0.15) is 5.56 Å².